The number of ether oxygens (including phenoxy) is 2. The maximum atomic E-state index is 12.1. The molecular weight excluding hydrogens is 314 g/mol. The minimum atomic E-state index is -0.508. The normalized spacial score (nSPS) is 11.6. The van der Waals surface area contributed by atoms with Gasteiger partial charge in [0.2, 0.25) is 0 Å². The van der Waals surface area contributed by atoms with Gasteiger partial charge in [-0.05, 0) is 62.9 Å². The molecule has 1 atom stereocenters. The van der Waals surface area contributed by atoms with Crippen LogP contribution in [-0.2, 0) is 11.2 Å². The lowest BCUT2D eigenvalue weighted by Crippen LogP contribution is -2.37. The Balaban J connectivity index is 1.70. The van der Waals surface area contributed by atoms with E-state index < -0.39 is 6.10 Å². The molecule has 0 saturated carbocycles. The third-order valence-corrected chi connectivity index (χ3v) is 3.94. The Hall–Kier alpha value is -2.49. The van der Waals surface area contributed by atoms with Gasteiger partial charge in [-0.3, -0.25) is 4.79 Å². The molecule has 0 unspecified atom stereocenters. The third kappa shape index (κ3) is 6.14. The lowest BCUT2D eigenvalue weighted by atomic mass is 10.1. The minimum absolute atomic E-state index is 0.0880. The smallest absolute Gasteiger partial charge is 0.260 e. The number of aryl methyl sites for hydroxylation is 2. The van der Waals surface area contributed by atoms with Crippen LogP contribution in [0, 0.1) is 6.92 Å². The van der Waals surface area contributed by atoms with Crippen LogP contribution in [0.3, 0.4) is 0 Å². The Morgan fingerprint density at radius 3 is 2.52 bits per heavy atom. The number of amides is 1. The predicted octanol–water partition coefficient (Wildman–Crippen LogP) is 3.91. The van der Waals surface area contributed by atoms with Crippen LogP contribution < -0.4 is 14.8 Å². The van der Waals surface area contributed by atoms with E-state index in [1.807, 2.05) is 50.2 Å². The van der Waals surface area contributed by atoms with Crippen molar-refractivity contribution in [2.75, 3.05) is 13.2 Å². The van der Waals surface area contributed by atoms with E-state index in [2.05, 4.69) is 17.4 Å². The van der Waals surface area contributed by atoms with Crippen molar-refractivity contribution in [2.24, 2.45) is 0 Å². The van der Waals surface area contributed by atoms with Crippen molar-refractivity contribution < 1.29 is 14.3 Å². The van der Waals surface area contributed by atoms with Gasteiger partial charge < -0.3 is 14.8 Å². The van der Waals surface area contributed by atoms with E-state index >= 15 is 0 Å². The maximum absolute atomic E-state index is 12.1. The molecule has 1 N–H and O–H groups in total. The van der Waals surface area contributed by atoms with Crippen LogP contribution >= 0.6 is 0 Å². The van der Waals surface area contributed by atoms with E-state index in [-0.39, 0.29) is 5.91 Å². The SMILES string of the molecule is CCOc1ccc(CCCNC(=O)[C@H](C)Oc2ccccc2C)cc1. The van der Waals surface area contributed by atoms with Gasteiger partial charge in [-0.15, -0.1) is 0 Å². The Bertz CT molecular complexity index is 667. The van der Waals surface area contributed by atoms with Gasteiger partial charge in [-0.25, -0.2) is 0 Å². The van der Waals surface area contributed by atoms with Crippen LogP contribution in [0.1, 0.15) is 31.4 Å². The number of benzene rings is 2. The highest BCUT2D eigenvalue weighted by molar-refractivity contribution is 5.80. The van der Waals surface area contributed by atoms with Gasteiger partial charge in [0, 0.05) is 6.54 Å². The zero-order valence-corrected chi connectivity index (χ0v) is 15.2. The maximum Gasteiger partial charge on any atom is 0.260 e. The van der Waals surface area contributed by atoms with Gasteiger partial charge in [0.25, 0.3) is 5.91 Å². The molecule has 2 rings (SSSR count). The standard InChI is InChI=1S/C21H27NO3/c1-4-24-19-13-11-18(12-14-19)9-7-15-22-21(23)17(3)25-20-10-6-5-8-16(20)2/h5-6,8,10-14,17H,4,7,9,15H2,1-3H3,(H,22,23)/t17-/m0/s1. The minimum Gasteiger partial charge on any atom is -0.494 e. The van der Waals surface area contributed by atoms with Gasteiger partial charge in [0.05, 0.1) is 6.61 Å². The second kappa shape index (κ2) is 9.72. The number of nitrogens with one attached hydrogen (secondary N) is 1. The molecule has 2 aromatic rings. The second-order valence-electron chi connectivity index (χ2n) is 6.00. The fraction of sp³-hybridized carbons (Fsp3) is 0.381. The summed E-state index contributed by atoms with van der Waals surface area (Å²) in [4.78, 5) is 12.1. The third-order valence-electron chi connectivity index (χ3n) is 3.94. The highest BCUT2D eigenvalue weighted by Crippen LogP contribution is 2.17. The average Bonchev–Trinajstić information content (AvgIpc) is 2.62. The van der Waals surface area contributed by atoms with Gasteiger partial charge in [-0.2, -0.15) is 0 Å². The summed E-state index contributed by atoms with van der Waals surface area (Å²) in [6.07, 6.45) is 1.29. The molecule has 25 heavy (non-hydrogen) atoms. The molecule has 0 radical (unpaired) electrons. The molecule has 0 heterocycles. The van der Waals surface area contributed by atoms with Crippen LogP contribution in [0.25, 0.3) is 0 Å². The Morgan fingerprint density at radius 1 is 1.12 bits per heavy atom. The van der Waals surface area contributed by atoms with Crippen molar-refractivity contribution in [1.29, 1.82) is 0 Å². The fourth-order valence-corrected chi connectivity index (χ4v) is 2.50. The molecule has 0 aromatic heterocycles. The average molecular weight is 341 g/mol. The quantitative estimate of drug-likeness (QED) is 0.704. The van der Waals surface area contributed by atoms with Crippen molar-refractivity contribution in [3.63, 3.8) is 0 Å². The van der Waals surface area contributed by atoms with Crippen molar-refractivity contribution in [3.05, 3.63) is 59.7 Å². The second-order valence-corrected chi connectivity index (χ2v) is 6.00. The molecule has 0 fully saturated rings. The molecule has 134 valence electrons. The molecule has 4 heteroatoms. The summed E-state index contributed by atoms with van der Waals surface area (Å²) < 4.78 is 11.2. The molecule has 0 aliphatic heterocycles. The number of carbonyl (C=O) groups excluding carboxylic acids is 1. The highest BCUT2D eigenvalue weighted by Gasteiger charge is 2.14. The lowest BCUT2D eigenvalue weighted by Gasteiger charge is -2.16. The molecule has 0 aliphatic carbocycles. The summed E-state index contributed by atoms with van der Waals surface area (Å²) in [5, 5.41) is 2.94. The molecular formula is C21H27NO3. The zero-order valence-electron chi connectivity index (χ0n) is 15.2. The number of hydrogen-bond acceptors (Lipinski definition) is 3. The van der Waals surface area contributed by atoms with Crippen LogP contribution in [0.15, 0.2) is 48.5 Å². The van der Waals surface area contributed by atoms with E-state index in [1.165, 1.54) is 5.56 Å². The van der Waals surface area contributed by atoms with E-state index in [9.17, 15) is 4.79 Å². The molecule has 2 aromatic carbocycles. The molecule has 4 nitrogen and oxygen atoms in total. The first-order chi connectivity index (χ1) is 12.1. The first-order valence-corrected chi connectivity index (χ1v) is 8.82. The van der Waals surface area contributed by atoms with E-state index in [0.717, 1.165) is 29.9 Å². The monoisotopic (exact) mass is 341 g/mol. The predicted molar refractivity (Wildman–Crippen MR) is 100 cm³/mol. The molecule has 1 amide bonds. The van der Waals surface area contributed by atoms with Crippen LogP contribution in [0.2, 0.25) is 0 Å². The first kappa shape index (κ1) is 18.8. The van der Waals surface area contributed by atoms with Crippen molar-refractivity contribution in [2.45, 2.75) is 39.7 Å². The molecule has 0 saturated heterocycles. The summed E-state index contributed by atoms with van der Waals surface area (Å²) in [7, 11) is 0. The topological polar surface area (TPSA) is 47.6 Å². The van der Waals surface area contributed by atoms with Crippen molar-refractivity contribution in [1.82, 2.24) is 5.32 Å². The fourth-order valence-electron chi connectivity index (χ4n) is 2.50. The van der Waals surface area contributed by atoms with Gasteiger partial charge in [-0.1, -0.05) is 30.3 Å². The molecule has 0 spiro atoms. The van der Waals surface area contributed by atoms with Crippen LogP contribution in [0.5, 0.6) is 11.5 Å². The van der Waals surface area contributed by atoms with Gasteiger partial charge in [0.15, 0.2) is 6.10 Å². The lowest BCUT2D eigenvalue weighted by molar-refractivity contribution is -0.127. The first-order valence-electron chi connectivity index (χ1n) is 8.82. The van der Waals surface area contributed by atoms with Crippen LogP contribution in [0.4, 0.5) is 0 Å². The molecule has 0 aliphatic rings. The summed E-state index contributed by atoms with van der Waals surface area (Å²) in [5.74, 6) is 1.55. The largest absolute Gasteiger partial charge is 0.494 e. The Morgan fingerprint density at radius 2 is 1.84 bits per heavy atom. The summed E-state index contributed by atoms with van der Waals surface area (Å²) >= 11 is 0. The highest BCUT2D eigenvalue weighted by atomic mass is 16.5. The summed E-state index contributed by atoms with van der Waals surface area (Å²) in [5.41, 5.74) is 2.26. The number of carbonyl (C=O) groups is 1. The Kier molecular flexibility index (Phi) is 7.33. The Labute approximate surface area is 150 Å². The van der Waals surface area contributed by atoms with E-state index in [0.29, 0.717) is 13.2 Å². The molecule has 0 bridgehead atoms. The van der Waals surface area contributed by atoms with Gasteiger partial charge >= 0.3 is 0 Å². The number of para-hydroxylation sites is 1. The summed E-state index contributed by atoms with van der Waals surface area (Å²) in [6, 6.07) is 15.8. The van der Waals surface area contributed by atoms with Crippen molar-refractivity contribution in [3.8, 4) is 11.5 Å². The summed E-state index contributed by atoms with van der Waals surface area (Å²) in [6.45, 7) is 7.02. The number of rotatable bonds is 9. The van der Waals surface area contributed by atoms with E-state index in [1.54, 1.807) is 6.92 Å². The van der Waals surface area contributed by atoms with E-state index in [4.69, 9.17) is 9.47 Å². The van der Waals surface area contributed by atoms with Gasteiger partial charge in [0.1, 0.15) is 11.5 Å². The van der Waals surface area contributed by atoms with Crippen LogP contribution in [-0.4, -0.2) is 25.2 Å². The van der Waals surface area contributed by atoms with Crippen molar-refractivity contribution >= 4 is 5.91 Å². The zero-order chi connectivity index (χ0) is 18.1. The number of hydrogen-bond donors (Lipinski definition) is 1.